The lowest BCUT2D eigenvalue weighted by molar-refractivity contribution is -0.133. The molecule has 0 aromatic rings. The van der Waals surface area contributed by atoms with E-state index in [0.717, 1.165) is 24.8 Å². The Morgan fingerprint density at radius 2 is 2.08 bits per heavy atom. The van der Waals surface area contributed by atoms with Gasteiger partial charge < -0.3 is 0 Å². The highest BCUT2D eigenvalue weighted by Crippen LogP contribution is 2.15. The molecule has 70 valence electrons. The van der Waals surface area contributed by atoms with Gasteiger partial charge in [0.2, 0.25) is 5.78 Å². The smallest absolute Gasteiger partial charge is 0.283 e. The lowest BCUT2D eigenvalue weighted by Crippen LogP contribution is -2.19. The number of allylic oxidation sites excluding steroid dienone is 1. The second-order valence-corrected chi connectivity index (χ2v) is 3.15. The van der Waals surface area contributed by atoms with Crippen LogP contribution in [-0.4, -0.2) is 17.9 Å². The molecule has 0 fully saturated rings. The normalized spacial score (nSPS) is 17.1. The van der Waals surface area contributed by atoms with Gasteiger partial charge in [0.25, 0.3) is 0 Å². The number of unbranched alkanes of at least 4 members (excludes halogenated alkanes) is 1. The molecule has 0 aliphatic carbocycles. The van der Waals surface area contributed by atoms with E-state index in [1.807, 2.05) is 0 Å². The summed E-state index contributed by atoms with van der Waals surface area (Å²) in [7, 11) is 0. The topological polar surface area (TPSA) is 46.5 Å². The zero-order valence-corrected chi connectivity index (χ0v) is 7.96. The lowest BCUT2D eigenvalue weighted by atomic mass is 9.99. The van der Waals surface area contributed by atoms with Gasteiger partial charge >= 0.3 is 5.91 Å². The maximum absolute atomic E-state index is 11.2. The summed E-state index contributed by atoms with van der Waals surface area (Å²) in [6, 6.07) is 0. The minimum absolute atomic E-state index is 0.450. The maximum Gasteiger partial charge on any atom is 0.317 e. The van der Waals surface area contributed by atoms with Gasteiger partial charge in [0, 0.05) is 11.8 Å². The number of amides is 1. The Labute approximate surface area is 77.5 Å². The van der Waals surface area contributed by atoms with E-state index in [-0.39, 0.29) is 0 Å². The molecule has 0 unspecified atom stereocenters. The molecule has 1 aliphatic rings. The average molecular weight is 179 g/mol. The van der Waals surface area contributed by atoms with Crippen molar-refractivity contribution in [2.45, 2.75) is 33.1 Å². The second kappa shape index (κ2) is 4.12. The number of hydrogen-bond donors (Lipinski definition) is 0. The number of dihydropyridines is 1. The van der Waals surface area contributed by atoms with E-state index < -0.39 is 11.7 Å². The van der Waals surface area contributed by atoms with E-state index in [2.05, 4.69) is 11.9 Å². The molecule has 1 aliphatic heterocycles. The first kappa shape index (κ1) is 9.84. The van der Waals surface area contributed by atoms with Crippen molar-refractivity contribution in [1.82, 2.24) is 0 Å². The van der Waals surface area contributed by atoms with Crippen LogP contribution in [0.5, 0.6) is 0 Å². The predicted molar refractivity (Wildman–Crippen MR) is 50.7 cm³/mol. The van der Waals surface area contributed by atoms with Crippen molar-refractivity contribution in [3.63, 3.8) is 0 Å². The van der Waals surface area contributed by atoms with Gasteiger partial charge in [0.05, 0.1) is 0 Å². The van der Waals surface area contributed by atoms with Gasteiger partial charge in [-0.2, -0.15) is 0 Å². The zero-order valence-electron chi connectivity index (χ0n) is 7.96. The van der Waals surface area contributed by atoms with Crippen LogP contribution in [0.4, 0.5) is 0 Å². The van der Waals surface area contributed by atoms with Crippen molar-refractivity contribution in [2.24, 2.45) is 4.99 Å². The third-order valence-corrected chi connectivity index (χ3v) is 2.15. The van der Waals surface area contributed by atoms with Crippen LogP contribution < -0.4 is 0 Å². The molecule has 13 heavy (non-hydrogen) atoms. The van der Waals surface area contributed by atoms with Gasteiger partial charge in [-0.05, 0) is 25.3 Å². The van der Waals surface area contributed by atoms with Crippen LogP contribution in [0.2, 0.25) is 0 Å². The Hall–Kier alpha value is -1.25. The third kappa shape index (κ3) is 2.11. The molecule has 0 bridgehead atoms. The van der Waals surface area contributed by atoms with E-state index >= 15 is 0 Å². The quantitative estimate of drug-likeness (QED) is 0.619. The van der Waals surface area contributed by atoms with Crippen LogP contribution in [0.1, 0.15) is 33.1 Å². The number of nitrogens with zero attached hydrogens (tertiary/aromatic N) is 1. The van der Waals surface area contributed by atoms with E-state index in [1.54, 1.807) is 6.92 Å². The number of ketones is 1. The first-order chi connectivity index (χ1) is 6.16. The molecule has 3 heteroatoms. The Morgan fingerprint density at radius 1 is 1.38 bits per heavy atom. The largest absolute Gasteiger partial charge is 0.317 e. The molecule has 0 aromatic carbocycles. The molecule has 1 rings (SSSR count). The minimum atomic E-state index is -0.641. The molecule has 0 radical (unpaired) electrons. The molecule has 0 atom stereocenters. The number of carbonyl (C=O) groups excluding carboxylic acids is 2. The van der Waals surface area contributed by atoms with Crippen molar-refractivity contribution in [1.29, 1.82) is 0 Å². The average Bonchev–Trinajstić information content (AvgIpc) is 2.13. The highest BCUT2D eigenvalue weighted by Gasteiger charge is 2.20. The first-order valence-electron chi connectivity index (χ1n) is 4.49. The molecule has 3 nitrogen and oxygen atoms in total. The fraction of sp³-hybridized carbons (Fsp3) is 0.500. The number of aliphatic imine (C=N–C) groups is 1. The van der Waals surface area contributed by atoms with Crippen LogP contribution in [-0.2, 0) is 9.59 Å². The van der Waals surface area contributed by atoms with E-state index in [0.29, 0.717) is 5.57 Å². The Balaban J connectivity index is 2.79. The summed E-state index contributed by atoms with van der Waals surface area (Å²) in [5, 5.41) is 0. The van der Waals surface area contributed by atoms with E-state index in [1.165, 1.54) is 6.21 Å². The third-order valence-electron chi connectivity index (χ3n) is 2.15. The fourth-order valence-corrected chi connectivity index (χ4v) is 1.22. The summed E-state index contributed by atoms with van der Waals surface area (Å²) in [5.41, 5.74) is 1.47. The Bertz CT molecular complexity index is 300. The first-order valence-corrected chi connectivity index (χ1v) is 4.49. The van der Waals surface area contributed by atoms with Gasteiger partial charge in [-0.1, -0.05) is 13.3 Å². The van der Waals surface area contributed by atoms with Gasteiger partial charge in [-0.3, -0.25) is 9.59 Å². The SMILES string of the molecule is CCCCC1=C(C)C(=O)C(=O)N=C1. The van der Waals surface area contributed by atoms with Gasteiger partial charge in [0.1, 0.15) is 0 Å². The Morgan fingerprint density at radius 3 is 2.69 bits per heavy atom. The van der Waals surface area contributed by atoms with Gasteiger partial charge in [0.15, 0.2) is 0 Å². The molecule has 0 saturated heterocycles. The summed E-state index contributed by atoms with van der Waals surface area (Å²) in [6.45, 7) is 3.78. The molecule has 1 heterocycles. The molecule has 0 aromatic heterocycles. The second-order valence-electron chi connectivity index (χ2n) is 3.15. The van der Waals surface area contributed by atoms with Crippen molar-refractivity contribution in [2.75, 3.05) is 0 Å². The van der Waals surface area contributed by atoms with Crippen molar-refractivity contribution >= 4 is 17.9 Å². The van der Waals surface area contributed by atoms with Gasteiger partial charge in [-0.15, -0.1) is 0 Å². The van der Waals surface area contributed by atoms with Gasteiger partial charge in [-0.25, -0.2) is 4.99 Å². The monoisotopic (exact) mass is 179 g/mol. The molecule has 1 amide bonds. The summed E-state index contributed by atoms with van der Waals surface area (Å²) >= 11 is 0. The molecular formula is C10H13NO2. The molecule has 0 saturated carbocycles. The van der Waals surface area contributed by atoms with E-state index in [4.69, 9.17) is 0 Å². The fourth-order valence-electron chi connectivity index (χ4n) is 1.22. The number of carbonyl (C=O) groups is 2. The summed E-state index contributed by atoms with van der Waals surface area (Å²) in [6.07, 6.45) is 4.46. The van der Waals surface area contributed by atoms with Crippen LogP contribution in [0.25, 0.3) is 0 Å². The number of hydrogen-bond acceptors (Lipinski definition) is 2. The minimum Gasteiger partial charge on any atom is -0.283 e. The molecule has 0 spiro atoms. The summed E-state index contributed by atoms with van der Waals surface area (Å²) < 4.78 is 0. The predicted octanol–water partition coefficient (Wildman–Crippen LogP) is 1.67. The number of rotatable bonds is 3. The van der Waals surface area contributed by atoms with Crippen molar-refractivity contribution in [3.8, 4) is 0 Å². The summed E-state index contributed by atoms with van der Waals surface area (Å²) in [4.78, 5) is 25.5. The lowest BCUT2D eigenvalue weighted by Gasteiger charge is -2.08. The van der Waals surface area contributed by atoms with Crippen molar-refractivity contribution < 1.29 is 9.59 Å². The Kier molecular flexibility index (Phi) is 3.12. The molecule has 0 N–H and O–H groups in total. The summed E-state index contributed by atoms with van der Waals surface area (Å²) in [5.74, 6) is -1.09. The van der Waals surface area contributed by atoms with Crippen LogP contribution in [0.15, 0.2) is 16.1 Å². The van der Waals surface area contributed by atoms with Crippen LogP contribution in [0, 0.1) is 0 Å². The van der Waals surface area contributed by atoms with Crippen LogP contribution in [0.3, 0.4) is 0 Å². The number of Topliss-reactive ketones (excluding diaryl/α,β-unsaturated/α-hetero) is 1. The van der Waals surface area contributed by atoms with E-state index in [9.17, 15) is 9.59 Å². The highest BCUT2D eigenvalue weighted by atomic mass is 16.2. The van der Waals surface area contributed by atoms with Crippen LogP contribution >= 0.6 is 0 Å². The maximum atomic E-state index is 11.2. The standard InChI is InChI=1S/C10H13NO2/c1-3-4-5-8-6-11-10(13)9(12)7(8)2/h6H,3-5H2,1-2H3. The molecular weight excluding hydrogens is 166 g/mol. The zero-order chi connectivity index (χ0) is 9.84. The highest BCUT2D eigenvalue weighted by molar-refractivity contribution is 6.46. The van der Waals surface area contributed by atoms with Crippen molar-refractivity contribution in [3.05, 3.63) is 11.1 Å².